The van der Waals surface area contributed by atoms with Crippen LogP contribution < -0.4 is 0 Å². The summed E-state index contributed by atoms with van der Waals surface area (Å²) in [6.45, 7) is 4.26. The summed E-state index contributed by atoms with van der Waals surface area (Å²) in [6.07, 6.45) is 1.63. The Hall–Kier alpha value is -1.87. The summed E-state index contributed by atoms with van der Waals surface area (Å²) in [7, 11) is -3.37. The van der Waals surface area contributed by atoms with Crippen molar-refractivity contribution in [3.05, 3.63) is 71.1 Å². The predicted octanol–water partition coefficient (Wildman–Crippen LogP) is 4.25. The minimum Gasteiger partial charge on any atom is -0.219 e. The molecule has 0 aliphatic heterocycles. The molecule has 0 aliphatic carbocycles. The fourth-order valence-corrected chi connectivity index (χ4v) is 2.88. The summed E-state index contributed by atoms with van der Waals surface area (Å²) in [6, 6.07) is 16.4. The van der Waals surface area contributed by atoms with Crippen molar-refractivity contribution in [3.8, 4) is 0 Å². The molecule has 2 aromatic rings. The minimum atomic E-state index is -3.37. The van der Waals surface area contributed by atoms with Gasteiger partial charge in [0.05, 0.1) is 4.90 Å². The average Bonchev–Trinajstić information content (AvgIpc) is 2.46. The Labute approximate surface area is 120 Å². The largest absolute Gasteiger partial charge is 0.219 e. The summed E-state index contributed by atoms with van der Waals surface area (Å²) in [5.74, 6) is 0.473. The molecule has 2 rings (SSSR count). The van der Waals surface area contributed by atoms with Crippen LogP contribution in [0.2, 0.25) is 0 Å². The van der Waals surface area contributed by atoms with E-state index in [9.17, 15) is 8.42 Å². The molecule has 2 nitrogen and oxygen atoms in total. The van der Waals surface area contributed by atoms with E-state index in [2.05, 4.69) is 13.8 Å². The molecule has 0 heterocycles. The van der Waals surface area contributed by atoms with Crippen LogP contribution in [0.25, 0.3) is 6.08 Å². The van der Waals surface area contributed by atoms with Crippen molar-refractivity contribution in [2.45, 2.75) is 24.7 Å². The smallest absolute Gasteiger partial charge is 0.199 e. The molecule has 0 N–H and O–H groups in total. The fourth-order valence-electron chi connectivity index (χ4n) is 1.85. The lowest BCUT2D eigenvalue weighted by molar-refractivity contribution is 0.605. The molecular weight excluding hydrogens is 268 g/mol. The van der Waals surface area contributed by atoms with Crippen LogP contribution in [-0.2, 0) is 9.84 Å². The maximum atomic E-state index is 12.1. The molecule has 0 spiro atoms. The fraction of sp³-hybridized carbons (Fsp3) is 0.176. The van der Waals surface area contributed by atoms with Crippen molar-refractivity contribution in [3.63, 3.8) is 0 Å². The van der Waals surface area contributed by atoms with Gasteiger partial charge in [-0.15, -0.1) is 0 Å². The molecule has 0 radical (unpaired) electrons. The lowest BCUT2D eigenvalue weighted by atomic mass is 10.0. The van der Waals surface area contributed by atoms with Gasteiger partial charge in [0.1, 0.15) is 0 Å². The topological polar surface area (TPSA) is 34.1 Å². The number of hydrogen-bond acceptors (Lipinski definition) is 2. The highest BCUT2D eigenvalue weighted by molar-refractivity contribution is 7.94. The van der Waals surface area contributed by atoms with Crippen LogP contribution in [0.4, 0.5) is 0 Å². The SMILES string of the molecule is CC(C)c1ccc(/C=C/S(=O)(=O)c2ccccc2)cc1. The molecule has 0 fully saturated rings. The van der Waals surface area contributed by atoms with Crippen LogP contribution in [0.1, 0.15) is 30.9 Å². The molecule has 104 valence electrons. The van der Waals surface area contributed by atoms with Crippen molar-refractivity contribution in [2.75, 3.05) is 0 Å². The van der Waals surface area contributed by atoms with Gasteiger partial charge in [0.25, 0.3) is 0 Å². The summed E-state index contributed by atoms with van der Waals surface area (Å²) >= 11 is 0. The molecule has 0 bridgehead atoms. The van der Waals surface area contributed by atoms with Gasteiger partial charge in [-0.3, -0.25) is 0 Å². The highest BCUT2D eigenvalue weighted by Gasteiger charge is 2.08. The van der Waals surface area contributed by atoms with Gasteiger partial charge >= 0.3 is 0 Å². The maximum Gasteiger partial charge on any atom is 0.199 e. The third-order valence-corrected chi connectivity index (χ3v) is 4.54. The van der Waals surface area contributed by atoms with Crippen molar-refractivity contribution in [1.29, 1.82) is 0 Å². The first kappa shape index (κ1) is 14.5. The maximum absolute atomic E-state index is 12.1. The molecule has 0 aliphatic rings. The van der Waals surface area contributed by atoms with E-state index in [0.29, 0.717) is 10.8 Å². The quantitative estimate of drug-likeness (QED) is 0.841. The standard InChI is InChI=1S/C17H18O2S/c1-14(2)16-10-8-15(9-11-16)12-13-20(18,19)17-6-4-3-5-7-17/h3-14H,1-2H3/b13-12+. The second-order valence-electron chi connectivity index (χ2n) is 4.98. The molecule has 2 aromatic carbocycles. The Balaban J connectivity index is 2.21. The van der Waals surface area contributed by atoms with E-state index in [0.717, 1.165) is 5.56 Å². The third-order valence-electron chi connectivity index (χ3n) is 3.11. The molecular formula is C17H18O2S. The second kappa shape index (κ2) is 6.06. The van der Waals surface area contributed by atoms with E-state index in [1.54, 1.807) is 36.4 Å². The van der Waals surface area contributed by atoms with Crippen LogP contribution in [-0.4, -0.2) is 8.42 Å². The molecule has 0 saturated heterocycles. The zero-order chi connectivity index (χ0) is 14.6. The van der Waals surface area contributed by atoms with E-state index < -0.39 is 9.84 Å². The Bertz CT molecular complexity index is 682. The van der Waals surface area contributed by atoms with Gasteiger partial charge in [0.15, 0.2) is 9.84 Å². The number of rotatable bonds is 4. The summed E-state index contributed by atoms with van der Waals surface area (Å²) in [5.41, 5.74) is 2.13. The first-order valence-electron chi connectivity index (χ1n) is 6.57. The first-order valence-corrected chi connectivity index (χ1v) is 8.12. The Kier molecular flexibility index (Phi) is 4.40. The van der Waals surface area contributed by atoms with Crippen molar-refractivity contribution in [1.82, 2.24) is 0 Å². The van der Waals surface area contributed by atoms with Crippen molar-refractivity contribution >= 4 is 15.9 Å². The summed E-state index contributed by atoms with van der Waals surface area (Å²) in [5, 5.41) is 1.26. The van der Waals surface area contributed by atoms with E-state index in [1.807, 2.05) is 24.3 Å². The molecule has 0 amide bonds. The lowest BCUT2D eigenvalue weighted by Gasteiger charge is -2.04. The molecule has 3 heteroatoms. The number of benzene rings is 2. The third kappa shape index (κ3) is 3.58. The van der Waals surface area contributed by atoms with E-state index in [4.69, 9.17) is 0 Å². The van der Waals surface area contributed by atoms with Gasteiger partial charge in [-0.25, -0.2) is 8.42 Å². The molecule has 0 aromatic heterocycles. The molecule has 0 atom stereocenters. The first-order chi connectivity index (χ1) is 9.49. The van der Waals surface area contributed by atoms with E-state index in [1.165, 1.54) is 11.0 Å². The van der Waals surface area contributed by atoms with Gasteiger partial charge in [0.2, 0.25) is 0 Å². The van der Waals surface area contributed by atoms with Gasteiger partial charge < -0.3 is 0 Å². The zero-order valence-corrected chi connectivity index (χ0v) is 12.5. The number of hydrogen-bond donors (Lipinski definition) is 0. The monoisotopic (exact) mass is 286 g/mol. The summed E-state index contributed by atoms with van der Waals surface area (Å²) < 4.78 is 24.2. The highest BCUT2D eigenvalue weighted by Crippen LogP contribution is 2.17. The normalized spacial score (nSPS) is 12.2. The summed E-state index contributed by atoms with van der Waals surface area (Å²) in [4.78, 5) is 0.315. The zero-order valence-electron chi connectivity index (χ0n) is 11.7. The Morgan fingerprint density at radius 1 is 0.900 bits per heavy atom. The second-order valence-corrected chi connectivity index (χ2v) is 6.82. The number of sulfone groups is 1. The van der Waals surface area contributed by atoms with Crippen molar-refractivity contribution in [2.24, 2.45) is 0 Å². The van der Waals surface area contributed by atoms with Gasteiger partial charge in [-0.2, -0.15) is 0 Å². The van der Waals surface area contributed by atoms with Crippen LogP contribution in [0.3, 0.4) is 0 Å². The van der Waals surface area contributed by atoms with Crippen LogP contribution in [0, 0.1) is 0 Å². The van der Waals surface area contributed by atoms with Crippen LogP contribution >= 0.6 is 0 Å². The van der Waals surface area contributed by atoms with Gasteiger partial charge in [-0.1, -0.05) is 56.3 Å². The Morgan fingerprint density at radius 3 is 2.05 bits per heavy atom. The predicted molar refractivity (Wildman–Crippen MR) is 83.2 cm³/mol. The Morgan fingerprint density at radius 2 is 1.50 bits per heavy atom. The lowest BCUT2D eigenvalue weighted by Crippen LogP contribution is -1.95. The molecule has 20 heavy (non-hydrogen) atoms. The van der Waals surface area contributed by atoms with Crippen LogP contribution in [0.15, 0.2) is 64.9 Å². The van der Waals surface area contributed by atoms with Crippen LogP contribution in [0.5, 0.6) is 0 Å². The minimum absolute atomic E-state index is 0.315. The average molecular weight is 286 g/mol. The van der Waals surface area contributed by atoms with Crippen molar-refractivity contribution < 1.29 is 8.42 Å². The van der Waals surface area contributed by atoms with Gasteiger partial charge in [-0.05, 0) is 35.3 Å². The molecule has 0 unspecified atom stereocenters. The highest BCUT2D eigenvalue weighted by atomic mass is 32.2. The molecule has 0 saturated carbocycles. The van der Waals surface area contributed by atoms with E-state index in [-0.39, 0.29) is 0 Å². The van der Waals surface area contributed by atoms with E-state index >= 15 is 0 Å². The van der Waals surface area contributed by atoms with Gasteiger partial charge in [0, 0.05) is 5.41 Å².